The average Bonchev–Trinajstić information content (AvgIpc) is 2.17. The van der Waals surface area contributed by atoms with E-state index in [1.165, 1.54) is 11.2 Å². The first kappa shape index (κ1) is 13.0. The molecule has 17 heavy (non-hydrogen) atoms. The summed E-state index contributed by atoms with van der Waals surface area (Å²) in [4.78, 5) is 29.9. The summed E-state index contributed by atoms with van der Waals surface area (Å²) in [6, 6.07) is 0. The molecule has 1 rings (SSSR count). The summed E-state index contributed by atoms with van der Waals surface area (Å²) in [6.07, 6.45) is 1.20. The topological polar surface area (TPSA) is 112 Å². The average molecular weight is 240 g/mol. The minimum Gasteiger partial charge on any atom is -0.480 e. The second-order valence-electron chi connectivity index (χ2n) is 4.62. The van der Waals surface area contributed by atoms with Crippen molar-refractivity contribution in [3.63, 3.8) is 0 Å². The molecule has 0 aliphatic carbocycles. The molecule has 0 atom stereocenters. The summed E-state index contributed by atoms with van der Waals surface area (Å²) in [5.41, 5.74) is 4.55. The molecule has 0 aromatic carbocycles. The van der Waals surface area contributed by atoms with Gasteiger partial charge >= 0.3 is 5.97 Å². The van der Waals surface area contributed by atoms with Gasteiger partial charge in [0.25, 0.3) is 5.56 Å². The highest BCUT2D eigenvalue weighted by molar-refractivity contribution is 5.76. The van der Waals surface area contributed by atoms with E-state index in [1.54, 1.807) is 0 Å². The second kappa shape index (κ2) is 4.44. The van der Waals surface area contributed by atoms with Crippen LogP contribution in [0.15, 0.2) is 11.1 Å². The smallest absolute Gasteiger partial charge is 0.323 e. The third-order valence-corrected chi connectivity index (χ3v) is 2.23. The van der Waals surface area contributed by atoms with Gasteiger partial charge in [-0.25, -0.2) is 4.98 Å². The number of nitrogens with one attached hydrogen (secondary N) is 1. The number of anilines is 2. The fourth-order valence-electron chi connectivity index (χ4n) is 1.38. The van der Waals surface area contributed by atoms with Gasteiger partial charge in [-0.15, -0.1) is 0 Å². The molecule has 0 spiro atoms. The second-order valence-corrected chi connectivity index (χ2v) is 4.62. The fraction of sp³-hybridized carbons (Fsp3) is 0.500. The van der Waals surface area contributed by atoms with Gasteiger partial charge in [0.15, 0.2) is 5.82 Å². The van der Waals surface area contributed by atoms with Gasteiger partial charge in [-0.3, -0.25) is 9.59 Å². The summed E-state index contributed by atoms with van der Waals surface area (Å²) < 4.78 is 0. The fourth-order valence-corrected chi connectivity index (χ4v) is 1.38. The number of rotatable bonds is 3. The van der Waals surface area contributed by atoms with E-state index in [1.807, 2.05) is 20.8 Å². The largest absolute Gasteiger partial charge is 0.480 e. The molecule has 0 saturated heterocycles. The SMILES string of the molecule is CC(C)(C)N(CC(=O)O)c1nc[nH]c(=O)c1N. The number of carboxylic acid groups (broad SMARTS) is 1. The molecule has 0 amide bonds. The summed E-state index contributed by atoms with van der Waals surface area (Å²) in [5, 5.41) is 8.87. The number of H-pyrrole nitrogens is 1. The Morgan fingerprint density at radius 3 is 2.65 bits per heavy atom. The number of nitrogens with two attached hydrogens (primary N) is 1. The molecular formula is C10H16N4O3. The van der Waals surface area contributed by atoms with Crippen molar-refractivity contribution in [3.8, 4) is 0 Å². The molecule has 0 fully saturated rings. The summed E-state index contributed by atoms with van der Waals surface area (Å²) in [5.74, 6) is -0.829. The minimum absolute atomic E-state index is 0.0799. The van der Waals surface area contributed by atoms with Gasteiger partial charge in [-0.1, -0.05) is 0 Å². The van der Waals surface area contributed by atoms with E-state index < -0.39 is 17.1 Å². The van der Waals surface area contributed by atoms with Crippen LogP contribution in [0.3, 0.4) is 0 Å². The molecule has 1 heterocycles. The van der Waals surface area contributed by atoms with E-state index in [-0.39, 0.29) is 18.1 Å². The maximum atomic E-state index is 11.4. The standard InChI is InChI=1S/C10H16N4O3/c1-10(2,3)14(4-6(15)16)8-7(11)9(17)13-5-12-8/h5H,4,11H2,1-3H3,(H,15,16)(H,12,13,17). The van der Waals surface area contributed by atoms with Crippen LogP contribution in [0.4, 0.5) is 11.5 Å². The zero-order chi connectivity index (χ0) is 13.2. The number of aromatic nitrogens is 2. The minimum atomic E-state index is -1.01. The number of aliphatic carboxylic acids is 1. The highest BCUT2D eigenvalue weighted by Gasteiger charge is 2.27. The highest BCUT2D eigenvalue weighted by atomic mass is 16.4. The molecule has 0 aliphatic rings. The van der Waals surface area contributed by atoms with Crippen LogP contribution in [0.2, 0.25) is 0 Å². The predicted octanol–water partition coefficient (Wildman–Crippen LogP) is 0.0416. The van der Waals surface area contributed by atoms with Crippen LogP contribution in [-0.2, 0) is 4.79 Å². The molecule has 1 aromatic heterocycles. The number of hydrogen-bond donors (Lipinski definition) is 3. The van der Waals surface area contributed by atoms with Crippen molar-refractivity contribution in [2.45, 2.75) is 26.3 Å². The lowest BCUT2D eigenvalue weighted by molar-refractivity contribution is -0.135. The van der Waals surface area contributed by atoms with Gasteiger partial charge in [0, 0.05) is 5.54 Å². The molecule has 0 radical (unpaired) electrons. The van der Waals surface area contributed by atoms with E-state index >= 15 is 0 Å². The van der Waals surface area contributed by atoms with E-state index in [9.17, 15) is 9.59 Å². The van der Waals surface area contributed by atoms with E-state index in [0.717, 1.165) is 0 Å². The first-order valence-electron chi connectivity index (χ1n) is 5.06. The number of carboxylic acids is 1. The van der Waals surface area contributed by atoms with Crippen molar-refractivity contribution in [1.82, 2.24) is 9.97 Å². The Kier molecular flexibility index (Phi) is 3.40. The van der Waals surface area contributed by atoms with Crippen molar-refractivity contribution in [2.24, 2.45) is 0 Å². The monoisotopic (exact) mass is 240 g/mol. The van der Waals surface area contributed by atoms with Gasteiger partial charge < -0.3 is 20.7 Å². The molecule has 7 heteroatoms. The Morgan fingerprint density at radius 2 is 2.18 bits per heavy atom. The molecule has 0 saturated carbocycles. The zero-order valence-corrected chi connectivity index (χ0v) is 10.0. The van der Waals surface area contributed by atoms with E-state index in [4.69, 9.17) is 10.8 Å². The maximum absolute atomic E-state index is 11.4. The van der Waals surface area contributed by atoms with Crippen LogP contribution in [0.5, 0.6) is 0 Å². The third-order valence-electron chi connectivity index (χ3n) is 2.23. The van der Waals surface area contributed by atoms with Crippen molar-refractivity contribution in [1.29, 1.82) is 0 Å². The van der Waals surface area contributed by atoms with Crippen LogP contribution in [-0.4, -0.2) is 33.1 Å². The first-order valence-corrected chi connectivity index (χ1v) is 5.06. The highest BCUT2D eigenvalue weighted by Crippen LogP contribution is 2.23. The molecule has 4 N–H and O–H groups in total. The lowest BCUT2D eigenvalue weighted by atomic mass is 10.1. The number of aromatic amines is 1. The Balaban J connectivity index is 3.27. The van der Waals surface area contributed by atoms with Crippen LogP contribution in [0, 0.1) is 0 Å². The van der Waals surface area contributed by atoms with Crippen LogP contribution in [0.25, 0.3) is 0 Å². The van der Waals surface area contributed by atoms with Gasteiger partial charge in [0.1, 0.15) is 12.2 Å². The maximum Gasteiger partial charge on any atom is 0.323 e. The Labute approximate surface area is 98.3 Å². The molecule has 1 aromatic rings. The van der Waals surface area contributed by atoms with Crippen LogP contribution < -0.4 is 16.2 Å². The van der Waals surface area contributed by atoms with Crippen LogP contribution in [0.1, 0.15) is 20.8 Å². The Bertz CT molecular complexity index is 475. The Hall–Kier alpha value is -2.05. The van der Waals surface area contributed by atoms with Gasteiger partial charge in [-0.2, -0.15) is 0 Å². The summed E-state index contributed by atoms with van der Waals surface area (Å²) in [6.45, 7) is 5.18. The first-order chi connectivity index (χ1) is 7.73. The van der Waals surface area contributed by atoms with Crippen molar-refractivity contribution < 1.29 is 9.90 Å². The van der Waals surface area contributed by atoms with E-state index in [2.05, 4.69) is 9.97 Å². The zero-order valence-electron chi connectivity index (χ0n) is 10.0. The molecule has 0 unspecified atom stereocenters. The quantitative estimate of drug-likeness (QED) is 0.687. The van der Waals surface area contributed by atoms with Crippen LogP contribution >= 0.6 is 0 Å². The number of nitrogens with zero attached hydrogens (tertiary/aromatic N) is 2. The van der Waals surface area contributed by atoms with Crippen molar-refractivity contribution >= 4 is 17.5 Å². The van der Waals surface area contributed by atoms with E-state index in [0.29, 0.717) is 0 Å². The number of nitrogen functional groups attached to an aromatic ring is 1. The number of hydrogen-bond acceptors (Lipinski definition) is 5. The third kappa shape index (κ3) is 2.96. The van der Waals surface area contributed by atoms with Gasteiger partial charge in [0.2, 0.25) is 0 Å². The number of carbonyl (C=O) groups is 1. The predicted molar refractivity (Wildman–Crippen MR) is 64.0 cm³/mol. The normalized spacial score (nSPS) is 11.2. The molecular weight excluding hydrogens is 224 g/mol. The van der Waals surface area contributed by atoms with Crippen molar-refractivity contribution in [2.75, 3.05) is 17.2 Å². The van der Waals surface area contributed by atoms with Crippen molar-refractivity contribution in [3.05, 3.63) is 16.7 Å². The summed E-state index contributed by atoms with van der Waals surface area (Å²) in [7, 11) is 0. The lowest BCUT2D eigenvalue weighted by Crippen LogP contribution is -2.46. The Morgan fingerprint density at radius 1 is 1.59 bits per heavy atom. The lowest BCUT2D eigenvalue weighted by Gasteiger charge is -2.35. The van der Waals surface area contributed by atoms with Gasteiger partial charge in [-0.05, 0) is 20.8 Å². The molecule has 0 aliphatic heterocycles. The molecule has 0 bridgehead atoms. The molecule has 94 valence electrons. The summed E-state index contributed by atoms with van der Waals surface area (Å²) >= 11 is 0. The molecule has 7 nitrogen and oxygen atoms in total. The van der Waals surface area contributed by atoms with Gasteiger partial charge in [0.05, 0.1) is 6.33 Å².